The SMILES string of the molecule is CC(F)(F)c1[nH]ncc1C(=O)O. The van der Waals surface area contributed by atoms with E-state index in [1.165, 1.54) is 0 Å². The number of rotatable bonds is 2. The quantitative estimate of drug-likeness (QED) is 0.711. The first kappa shape index (κ1) is 8.63. The van der Waals surface area contributed by atoms with Gasteiger partial charge in [0, 0.05) is 6.92 Å². The van der Waals surface area contributed by atoms with Gasteiger partial charge in [-0.2, -0.15) is 13.9 Å². The van der Waals surface area contributed by atoms with Crippen LogP contribution in [0.5, 0.6) is 0 Å². The Morgan fingerprint density at radius 3 is 2.67 bits per heavy atom. The molecule has 66 valence electrons. The molecule has 0 saturated carbocycles. The minimum Gasteiger partial charge on any atom is -0.478 e. The minimum atomic E-state index is -3.20. The zero-order valence-corrected chi connectivity index (χ0v) is 6.14. The Balaban J connectivity index is 3.17. The van der Waals surface area contributed by atoms with Crippen molar-refractivity contribution in [1.29, 1.82) is 0 Å². The fourth-order valence-corrected chi connectivity index (χ4v) is 0.783. The summed E-state index contributed by atoms with van der Waals surface area (Å²) in [6.07, 6.45) is 0.856. The van der Waals surface area contributed by atoms with Crippen molar-refractivity contribution in [3.63, 3.8) is 0 Å². The Bertz CT molecular complexity index is 303. The number of hydrogen-bond donors (Lipinski definition) is 2. The van der Waals surface area contributed by atoms with Gasteiger partial charge in [0.15, 0.2) is 0 Å². The predicted octanol–water partition coefficient (Wildman–Crippen LogP) is 1.22. The van der Waals surface area contributed by atoms with Crippen molar-refractivity contribution in [3.05, 3.63) is 17.5 Å². The van der Waals surface area contributed by atoms with Crippen LogP contribution in [0.4, 0.5) is 8.78 Å². The molecule has 1 heterocycles. The number of carboxylic acid groups (broad SMARTS) is 1. The maximum atomic E-state index is 12.6. The van der Waals surface area contributed by atoms with E-state index in [4.69, 9.17) is 5.11 Å². The van der Waals surface area contributed by atoms with Gasteiger partial charge in [-0.15, -0.1) is 0 Å². The molecule has 4 nitrogen and oxygen atoms in total. The first-order chi connectivity index (χ1) is 5.43. The molecule has 0 amide bonds. The highest BCUT2D eigenvalue weighted by atomic mass is 19.3. The van der Waals surface area contributed by atoms with Gasteiger partial charge in [0.1, 0.15) is 11.3 Å². The van der Waals surface area contributed by atoms with Crippen molar-refractivity contribution < 1.29 is 18.7 Å². The molecule has 0 saturated heterocycles. The molecule has 0 atom stereocenters. The first-order valence-corrected chi connectivity index (χ1v) is 3.08. The maximum Gasteiger partial charge on any atom is 0.339 e. The highest BCUT2D eigenvalue weighted by Gasteiger charge is 2.31. The van der Waals surface area contributed by atoms with Crippen LogP contribution in [0.15, 0.2) is 6.20 Å². The molecule has 1 aromatic heterocycles. The second kappa shape index (κ2) is 2.54. The monoisotopic (exact) mass is 176 g/mol. The molecule has 0 aliphatic carbocycles. The standard InChI is InChI=1S/C6H6F2N2O2/c1-6(7,8)4-3(5(11)12)2-9-10-4/h2H,1H3,(H,9,10)(H,11,12). The lowest BCUT2D eigenvalue weighted by Gasteiger charge is -2.07. The van der Waals surface area contributed by atoms with Crippen LogP contribution in [0.2, 0.25) is 0 Å². The van der Waals surface area contributed by atoms with Crippen molar-refractivity contribution in [2.75, 3.05) is 0 Å². The van der Waals surface area contributed by atoms with Gasteiger partial charge < -0.3 is 5.11 Å². The van der Waals surface area contributed by atoms with E-state index in [2.05, 4.69) is 5.10 Å². The molecule has 1 rings (SSSR count). The Hall–Kier alpha value is -1.46. The lowest BCUT2D eigenvalue weighted by molar-refractivity contribution is 0.0108. The van der Waals surface area contributed by atoms with Crippen molar-refractivity contribution >= 4 is 5.97 Å². The smallest absolute Gasteiger partial charge is 0.339 e. The van der Waals surface area contributed by atoms with E-state index in [1.807, 2.05) is 5.10 Å². The molecule has 0 aliphatic heterocycles. The van der Waals surface area contributed by atoms with Crippen molar-refractivity contribution in [1.82, 2.24) is 10.2 Å². The highest BCUT2D eigenvalue weighted by Crippen LogP contribution is 2.27. The van der Waals surface area contributed by atoms with Crippen molar-refractivity contribution in [2.45, 2.75) is 12.8 Å². The number of H-pyrrole nitrogens is 1. The molecule has 1 aromatic rings. The molecule has 0 aliphatic rings. The van der Waals surface area contributed by atoms with Crippen LogP contribution in [0.25, 0.3) is 0 Å². The van der Waals surface area contributed by atoms with E-state index in [9.17, 15) is 13.6 Å². The first-order valence-electron chi connectivity index (χ1n) is 3.08. The van der Waals surface area contributed by atoms with Crippen LogP contribution in [0.1, 0.15) is 23.0 Å². The Morgan fingerprint density at radius 1 is 1.75 bits per heavy atom. The predicted molar refractivity (Wildman–Crippen MR) is 35.1 cm³/mol. The average molecular weight is 176 g/mol. The molecule has 0 aromatic carbocycles. The van der Waals surface area contributed by atoms with E-state index in [1.54, 1.807) is 0 Å². The number of nitrogens with one attached hydrogen (secondary N) is 1. The summed E-state index contributed by atoms with van der Waals surface area (Å²) in [6, 6.07) is 0. The van der Waals surface area contributed by atoms with Gasteiger partial charge in [-0.1, -0.05) is 0 Å². The summed E-state index contributed by atoms with van der Waals surface area (Å²) in [5.74, 6) is -4.62. The maximum absolute atomic E-state index is 12.6. The second-order valence-electron chi connectivity index (χ2n) is 2.35. The lowest BCUT2D eigenvalue weighted by Crippen LogP contribution is -2.13. The molecule has 2 N–H and O–H groups in total. The van der Waals surface area contributed by atoms with Crippen molar-refractivity contribution in [2.24, 2.45) is 0 Å². The second-order valence-corrected chi connectivity index (χ2v) is 2.35. The Morgan fingerprint density at radius 2 is 2.33 bits per heavy atom. The van der Waals surface area contributed by atoms with Gasteiger partial charge in [0.05, 0.1) is 6.20 Å². The molecular weight excluding hydrogens is 170 g/mol. The van der Waals surface area contributed by atoms with E-state index < -0.39 is 23.1 Å². The van der Waals surface area contributed by atoms with Crippen LogP contribution in [0.3, 0.4) is 0 Å². The number of carboxylic acids is 1. The van der Waals surface area contributed by atoms with Gasteiger partial charge in [-0.25, -0.2) is 4.79 Å². The minimum absolute atomic E-state index is 0.498. The van der Waals surface area contributed by atoms with Crippen LogP contribution in [-0.4, -0.2) is 21.3 Å². The third kappa shape index (κ3) is 1.41. The third-order valence-electron chi connectivity index (χ3n) is 1.31. The summed E-state index contributed by atoms with van der Waals surface area (Å²) in [7, 11) is 0. The van der Waals surface area contributed by atoms with E-state index in [0.717, 1.165) is 6.20 Å². The number of hydrogen-bond acceptors (Lipinski definition) is 2. The summed E-state index contributed by atoms with van der Waals surface area (Å²) >= 11 is 0. The summed E-state index contributed by atoms with van der Waals surface area (Å²) < 4.78 is 25.1. The Kier molecular flexibility index (Phi) is 1.83. The van der Waals surface area contributed by atoms with Gasteiger partial charge in [0.25, 0.3) is 5.92 Å². The summed E-state index contributed by atoms with van der Waals surface area (Å²) in [5, 5.41) is 13.6. The van der Waals surface area contributed by atoms with Gasteiger partial charge in [-0.3, -0.25) is 5.10 Å². The molecule has 0 spiro atoms. The third-order valence-corrected chi connectivity index (χ3v) is 1.31. The van der Waals surface area contributed by atoms with Crippen LogP contribution in [0, 0.1) is 0 Å². The number of halogens is 2. The van der Waals surface area contributed by atoms with Gasteiger partial charge in [-0.05, 0) is 0 Å². The van der Waals surface area contributed by atoms with Crippen LogP contribution < -0.4 is 0 Å². The topological polar surface area (TPSA) is 66.0 Å². The van der Waals surface area contributed by atoms with E-state index in [0.29, 0.717) is 6.92 Å². The molecule has 0 fully saturated rings. The Labute approximate surface area is 66.2 Å². The molecule has 0 bridgehead atoms. The number of carbonyl (C=O) groups is 1. The van der Waals surface area contributed by atoms with Gasteiger partial charge in [0.2, 0.25) is 0 Å². The zero-order valence-electron chi connectivity index (χ0n) is 6.14. The number of aromatic amines is 1. The molecule has 0 unspecified atom stereocenters. The largest absolute Gasteiger partial charge is 0.478 e. The zero-order chi connectivity index (χ0) is 9.35. The van der Waals surface area contributed by atoms with Gasteiger partial charge >= 0.3 is 5.97 Å². The average Bonchev–Trinajstić information content (AvgIpc) is 2.30. The van der Waals surface area contributed by atoms with E-state index in [-0.39, 0.29) is 0 Å². The lowest BCUT2D eigenvalue weighted by atomic mass is 10.2. The molecular formula is C6H6F2N2O2. The molecule has 6 heteroatoms. The number of alkyl halides is 2. The molecule has 12 heavy (non-hydrogen) atoms. The fraction of sp³-hybridized carbons (Fsp3) is 0.333. The number of aromatic carboxylic acids is 1. The molecule has 0 radical (unpaired) electrons. The summed E-state index contributed by atoms with van der Waals surface area (Å²) in [4.78, 5) is 10.3. The van der Waals surface area contributed by atoms with Crippen LogP contribution >= 0.6 is 0 Å². The summed E-state index contributed by atoms with van der Waals surface area (Å²) in [6.45, 7) is 0.604. The number of nitrogens with zero attached hydrogens (tertiary/aromatic N) is 1. The van der Waals surface area contributed by atoms with Crippen molar-refractivity contribution in [3.8, 4) is 0 Å². The summed E-state index contributed by atoms with van der Waals surface area (Å²) in [5.41, 5.74) is -1.17. The fourth-order valence-electron chi connectivity index (χ4n) is 0.783. The normalized spacial score (nSPS) is 11.6. The van der Waals surface area contributed by atoms with Crippen LogP contribution in [-0.2, 0) is 5.92 Å². The highest BCUT2D eigenvalue weighted by molar-refractivity contribution is 5.88. The number of aromatic nitrogens is 2. The van der Waals surface area contributed by atoms with E-state index >= 15 is 0 Å².